The van der Waals surface area contributed by atoms with Gasteiger partial charge in [0.15, 0.2) is 5.82 Å². The number of rotatable bonds is 7. The van der Waals surface area contributed by atoms with Crippen LogP contribution in [-0.2, 0) is 6.54 Å². The number of aromatic nitrogens is 1. The second-order valence-electron chi connectivity index (χ2n) is 4.89. The third-order valence-electron chi connectivity index (χ3n) is 3.13. The van der Waals surface area contributed by atoms with Gasteiger partial charge in [0, 0.05) is 13.1 Å². The van der Waals surface area contributed by atoms with Crippen molar-refractivity contribution in [2.24, 2.45) is 0 Å². The van der Waals surface area contributed by atoms with Crippen molar-refractivity contribution in [1.82, 2.24) is 9.27 Å². The van der Waals surface area contributed by atoms with E-state index in [0.29, 0.717) is 11.4 Å². The van der Waals surface area contributed by atoms with Crippen LogP contribution in [0.25, 0.3) is 0 Å². The average molecular weight is 301 g/mol. The number of hydrogen-bond acceptors (Lipinski definition) is 6. The second-order valence-corrected chi connectivity index (χ2v) is 5.66. The fraction of sp³-hybridized carbons (Fsp3) is 0.333. The van der Waals surface area contributed by atoms with Gasteiger partial charge in [-0.1, -0.05) is 30.3 Å². The molecule has 0 unspecified atom stereocenters. The molecule has 1 heterocycles. The van der Waals surface area contributed by atoms with E-state index in [2.05, 4.69) is 52.0 Å². The fourth-order valence-electron chi connectivity index (χ4n) is 2.06. The van der Waals surface area contributed by atoms with Crippen LogP contribution in [0.4, 0.5) is 10.8 Å². The highest BCUT2D eigenvalue weighted by Crippen LogP contribution is 2.25. The fourth-order valence-corrected chi connectivity index (χ4v) is 2.75. The molecule has 6 heteroatoms. The second kappa shape index (κ2) is 7.62. The summed E-state index contributed by atoms with van der Waals surface area (Å²) in [5, 5.41) is 13.0. The highest BCUT2D eigenvalue weighted by Gasteiger charge is 2.09. The van der Waals surface area contributed by atoms with Crippen molar-refractivity contribution in [3.63, 3.8) is 0 Å². The summed E-state index contributed by atoms with van der Waals surface area (Å²) in [5.41, 5.74) is 7.39. The van der Waals surface area contributed by atoms with Crippen molar-refractivity contribution in [2.75, 3.05) is 31.2 Å². The van der Waals surface area contributed by atoms with Gasteiger partial charge in [-0.25, -0.2) is 0 Å². The molecule has 2 rings (SSSR count). The van der Waals surface area contributed by atoms with Crippen LogP contribution in [0.2, 0.25) is 0 Å². The smallest absolute Gasteiger partial charge is 0.157 e. The largest absolute Gasteiger partial charge is 0.382 e. The summed E-state index contributed by atoms with van der Waals surface area (Å²) in [6.45, 7) is 2.73. The minimum atomic E-state index is 0.311. The number of anilines is 2. The molecule has 0 atom stereocenters. The number of nitrogens with zero attached hydrogens (tertiary/aromatic N) is 3. The Morgan fingerprint density at radius 2 is 2.14 bits per heavy atom. The number of nitrogen functional groups attached to an aromatic ring is 1. The van der Waals surface area contributed by atoms with Gasteiger partial charge in [0.1, 0.15) is 16.6 Å². The van der Waals surface area contributed by atoms with E-state index >= 15 is 0 Å². The quantitative estimate of drug-likeness (QED) is 0.768. The van der Waals surface area contributed by atoms with E-state index in [1.165, 1.54) is 17.1 Å². The van der Waals surface area contributed by atoms with Crippen molar-refractivity contribution in [3.8, 4) is 6.07 Å². The number of hydrogen-bond donors (Lipinski definition) is 2. The van der Waals surface area contributed by atoms with Crippen molar-refractivity contribution >= 4 is 22.4 Å². The summed E-state index contributed by atoms with van der Waals surface area (Å²) in [6.07, 6.45) is 0.992. The van der Waals surface area contributed by atoms with Gasteiger partial charge in [-0.05, 0) is 37.1 Å². The predicted octanol–water partition coefficient (Wildman–Crippen LogP) is 2.53. The molecule has 21 heavy (non-hydrogen) atoms. The average Bonchev–Trinajstić information content (AvgIpc) is 2.85. The monoisotopic (exact) mass is 301 g/mol. The van der Waals surface area contributed by atoms with Gasteiger partial charge in [-0.3, -0.25) is 0 Å². The Morgan fingerprint density at radius 1 is 1.38 bits per heavy atom. The predicted molar refractivity (Wildman–Crippen MR) is 87.1 cm³/mol. The summed E-state index contributed by atoms with van der Waals surface area (Å²) in [6, 6.07) is 12.5. The standard InChI is InChI=1S/C15H19N5S/c1-20(11-12-6-3-2-4-7-12)9-5-8-18-15-13(10-16)14(17)19-21-15/h2-4,6-7,18H,5,8-9,11H2,1H3,(H2,17,19). The Balaban J connectivity index is 1.71. The van der Waals surface area contributed by atoms with Crippen LogP contribution in [0.3, 0.4) is 0 Å². The van der Waals surface area contributed by atoms with Crippen LogP contribution < -0.4 is 11.1 Å². The van der Waals surface area contributed by atoms with Gasteiger partial charge in [0.2, 0.25) is 0 Å². The van der Waals surface area contributed by atoms with Crippen molar-refractivity contribution in [1.29, 1.82) is 5.26 Å². The number of nitrogens with one attached hydrogen (secondary N) is 1. The molecule has 0 fully saturated rings. The zero-order chi connectivity index (χ0) is 15.1. The first-order valence-electron chi connectivity index (χ1n) is 6.82. The molecular weight excluding hydrogens is 282 g/mol. The maximum atomic E-state index is 8.99. The van der Waals surface area contributed by atoms with E-state index in [-0.39, 0.29) is 0 Å². The molecule has 0 spiro atoms. The molecule has 0 saturated heterocycles. The lowest BCUT2D eigenvalue weighted by atomic mass is 10.2. The molecule has 2 aromatic rings. The minimum absolute atomic E-state index is 0.311. The highest BCUT2D eigenvalue weighted by molar-refractivity contribution is 7.10. The molecule has 0 radical (unpaired) electrons. The van der Waals surface area contributed by atoms with Crippen molar-refractivity contribution in [3.05, 3.63) is 41.5 Å². The van der Waals surface area contributed by atoms with Crippen molar-refractivity contribution < 1.29 is 0 Å². The maximum Gasteiger partial charge on any atom is 0.157 e. The first-order valence-corrected chi connectivity index (χ1v) is 7.59. The lowest BCUT2D eigenvalue weighted by Crippen LogP contribution is -2.21. The molecule has 1 aromatic carbocycles. The molecule has 0 saturated carbocycles. The molecule has 0 amide bonds. The molecule has 110 valence electrons. The molecule has 0 bridgehead atoms. The summed E-state index contributed by atoms with van der Waals surface area (Å²) in [5.74, 6) is 0.311. The van der Waals surface area contributed by atoms with E-state index in [1.54, 1.807) is 0 Å². The lowest BCUT2D eigenvalue weighted by Gasteiger charge is -2.16. The van der Waals surface area contributed by atoms with Crippen LogP contribution in [0, 0.1) is 11.3 Å². The normalized spacial score (nSPS) is 10.5. The summed E-state index contributed by atoms with van der Waals surface area (Å²) in [4.78, 5) is 2.28. The van der Waals surface area contributed by atoms with E-state index in [1.807, 2.05) is 6.07 Å². The Labute approximate surface area is 129 Å². The van der Waals surface area contributed by atoms with Gasteiger partial charge in [-0.2, -0.15) is 9.64 Å². The zero-order valence-electron chi connectivity index (χ0n) is 12.0. The van der Waals surface area contributed by atoms with Gasteiger partial charge in [-0.15, -0.1) is 0 Å². The third kappa shape index (κ3) is 4.45. The van der Waals surface area contributed by atoms with Gasteiger partial charge < -0.3 is 16.0 Å². The molecule has 0 aliphatic heterocycles. The third-order valence-corrected chi connectivity index (χ3v) is 3.95. The van der Waals surface area contributed by atoms with Crippen LogP contribution >= 0.6 is 11.5 Å². The Hall–Kier alpha value is -2.10. The number of nitriles is 1. The van der Waals surface area contributed by atoms with Gasteiger partial charge in [0.25, 0.3) is 0 Å². The first kappa shape index (κ1) is 15.3. The topological polar surface area (TPSA) is 78.0 Å². The zero-order valence-corrected chi connectivity index (χ0v) is 12.9. The molecule has 3 N–H and O–H groups in total. The number of nitrogens with two attached hydrogens (primary N) is 1. The van der Waals surface area contributed by atoms with E-state index in [9.17, 15) is 0 Å². The van der Waals surface area contributed by atoms with E-state index < -0.39 is 0 Å². The van der Waals surface area contributed by atoms with Gasteiger partial charge in [0.05, 0.1) is 0 Å². The minimum Gasteiger partial charge on any atom is -0.382 e. The SMILES string of the molecule is CN(CCCNc1snc(N)c1C#N)Cc1ccccc1. The van der Waals surface area contributed by atoms with Gasteiger partial charge >= 0.3 is 0 Å². The first-order chi connectivity index (χ1) is 10.2. The highest BCUT2D eigenvalue weighted by atomic mass is 32.1. The Morgan fingerprint density at radius 3 is 2.86 bits per heavy atom. The molecular formula is C15H19N5S. The van der Waals surface area contributed by atoms with Crippen LogP contribution in [0.5, 0.6) is 0 Å². The summed E-state index contributed by atoms with van der Waals surface area (Å²) in [7, 11) is 2.11. The Bertz CT molecular complexity index is 602. The molecule has 0 aliphatic rings. The van der Waals surface area contributed by atoms with Crippen LogP contribution in [-0.4, -0.2) is 29.4 Å². The van der Waals surface area contributed by atoms with E-state index in [0.717, 1.165) is 31.1 Å². The maximum absolute atomic E-state index is 8.99. The Kier molecular flexibility index (Phi) is 5.55. The number of benzene rings is 1. The summed E-state index contributed by atoms with van der Waals surface area (Å²) < 4.78 is 3.98. The van der Waals surface area contributed by atoms with Crippen LogP contribution in [0.15, 0.2) is 30.3 Å². The molecule has 1 aromatic heterocycles. The molecule has 0 aliphatic carbocycles. The van der Waals surface area contributed by atoms with E-state index in [4.69, 9.17) is 11.0 Å². The lowest BCUT2D eigenvalue weighted by molar-refractivity contribution is 0.325. The van der Waals surface area contributed by atoms with Crippen molar-refractivity contribution in [2.45, 2.75) is 13.0 Å². The molecule has 5 nitrogen and oxygen atoms in total. The van der Waals surface area contributed by atoms with Crippen LogP contribution in [0.1, 0.15) is 17.5 Å². The summed E-state index contributed by atoms with van der Waals surface area (Å²) >= 11 is 1.24.